The zero-order valence-corrected chi connectivity index (χ0v) is 61.0. The zero-order chi connectivity index (χ0) is 70.7. The first-order valence-corrected chi connectivity index (χ1v) is 37.0. The summed E-state index contributed by atoms with van der Waals surface area (Å²) >= 11 is 41.5. The fraction of sp³-hybridized carbons (Fsp3) is 0.121. The second-order valence-corrected chi connectivity index (χ2v) is 30.4. The minimum Gasteiger partial charge on any atom is -0.481 e. The predicted molar refractivity (Wildman–Crippen MR) is 395 cm³/mol. The van der Waals surface area contributed by atoms with Crippen molar-refractivity contribution in [1.82, 2.24) is 57.8 Å². The third-order valence-electron chi connectivity index (χ3n) is 14.5. The molecule has 0 aliphatic carbocycles. The lowest BCUT2D eigenvalue weighted by Crippen LogP contribution is -2.12. The number of H-pyrrole nitrogens is 1. The van der Waals surface area contributed by atoms with E-state index in [1.807, 2.05) is 30.5 Å². The number of pyridine rings is 6. The summed E-state index contributed by atoms with van der Waals surface area (Å²) in [5, 5.41) is 13.1. The summed E-state index contributed by atoms with van der Waals surface area (Å²) in [6.45, 7) is 1.11. The van der Waals surface area contributed by atoms with Gasteiger partial charge in [0, 0.05) is 128 Å². The molecule has 0 saturated heterocycles. The molecule has 0 aliphatic rings. The van der Waals surface area contributed by atoms with Crippen molar-refractivity contribution in [2.75, 3.05) is 37.7 Å². The highest BCUT2D eigenvalue weighted by atomic mass is 35.5. The van der Waals surface area contributed by atoms with Gasteiger partial charge in [-0.1, -0.05) is 118 Å². The Labute approximate surface area is 614 Å². The van der Waals surface area contributed by atoms with Crippen LogP contribution < -0.4 is 30.6 Å². The number of nitrogens with two attached hydrogens (primary N) is 1. The van der Waals surface area contributed by atoms with Crippen LogP contribution in [-0.2, 0) is 52.4 Å². The van der Waals surface area contributed by atoms with Crippen molar-refractivity contribution in [1.29, 1.82) is 0 Å². The lowest BCUT2D eigenvalue weighted by molar-refractivity contribution is 0.112. The topological polar surface area (TPSA) is 305 Å². The fourth-order valence-electron chi connectivity index (χ4n) is 9.69. The van der Waals surface area contributed by atoms with E-state index in [-0.39, 0.29) is 9.79 Å². The average molecular weight is 1560 g/mol. The van der Waals surface area contributed by atoms with Crippen molar-refractivity contribution in [3.05, 3.63) is 250 Å². The normalized spacial score (nSPS) is 11.3. The van der Waals surface area contributed by atoms with Crippen molar-refractivity contribution in [3.8, 4) is 17.6 Å². The van der Waals surface area contributed by atoms with Gasteiger partial charge in [0.25, 0.3) is 20.0 Å². The van der Waals surface area contributed by atoms with E-state index in [0.29, 0.717) is 124 Å². The molecule has 12 heterocycles. The van der Waals surface area contributed by atoms with Crippen LogP contribution in [0.1, 0.15) is 52.8 Å². The number of carbonyl (C=O) groups is 1. The molecule has 5 N–H and O–H groups in total. The van der Waals surface area contributed by atoms with Gasteiger partial charge in [-0.3, -0.25) is 4.79 Å². The second-order valence-electron chi connectivity index (χ2n) is 21.1. The molecule has 0 fully saturated rings. The van der Waals surface area contributed by atoms with Gasteiger partial charge in [-0.25, -0.2) is 69.6 Å². The summed E-state index contributed by atoms with van der Waals surface area (Å²) in [7, 11) is -2.98. The Kier molecular flexibility index (Phi) is 23.5. The zero-order valence-electron chi connectivity index (χ0n) is 52.4. The molecule has 34 heteroatoms. The summed E-state index contributed by atoms with van der Waals surface area (Å²) in [5.41, 5.74) is 12.2. The van der Waals surface area contributed by atoms with Gasteiger partial charge >= 0.3 is 0 Å². The molecule has 0 spiro atoms. The molecular formula is C66H53Cl6N15O8S5. The number of hydrogen-bond acceptors (Lipinski definition) is 23. The number of rotatable bonds is 20. The summed E-state index contributed by atoms with van der Waals surface area (Å²) in [6.07, 6.45) is 16.6. The highest BCUT2D eigenvalue weighted by Gasteiger charge is 2.26. The number of thiazole rings is 3. The first-order chi connectivity index (χ1) is 48.2. The number of ether oxygens (including phenoxy) is 3. The van der Waals surface area contributed by atoms with Gasteiger partial charge in [-0.2, -0.15) is 0 Å². The summed E-state index contributed by atoms with van der Waals surface area (Å²) in [4.78, 5) is 54.0. The lowest BCUT2D eigenvalue weighted by atomic mass is 10.1. The Morgan fingerprint density at radius 2 is 0.920 bits per heavy atom. The number of aromatic nitrogens is 12. The van der Waals surface area contributed by atoms with E-state index in [2.05, 4.69) is 60.5 Å². The van der Waals surface area contributed by atoms with Crippen molar-refractivity contribution in [3.63, 3.8) is 0 Å². The minimum absolute atomic E-state index is 0.167. The van der Waals surface area contributed by atoms with Crippen LogP contribution >= 0.6 is 104 Å². The number of benzene rings is 2. The van der Waals surface area contributed by atoms with Gasteiger partial charge in [-0.05, 0) is 76.3 Å². The quantitative estimate of drug-likeness (QED) is 0.0515. The molecular weight excluding hydrogens is 1500 g/mol. The van der Waals surface area contributed by atoms with Crippen LogP contribution in [0.25, 0.3) is 33.1 Å². The number of halogens is 6. The molecule has 100 heavy (non-hydrogen) atoms. The van der Waals surface area contributed by atoms with E-state index in [1.165, 1.54) is 79.8 Å². The Balaban J connectivity index is 0.000000143. The molecule has 0 aliphatic heterocycles. The average Bonchev–Trinajstić information content (AvgIpc) is 1.60. The van der Waals surface area contributed by atoms with Crippen molar-refractivity contribution >= 4 is 178 Å². The predicted octanol–water partition coefficient (Wildman–Crippen LogP) is 15.7. The number of anilines is 3. The van der Waals surface area contributed by atoms with Gasteiger partial charge in [0.15, 0.2) is 33.0 Å². The number of fused-ring (bicyclic) bond motifs is 3. The van der Waals surface area contributed by atoms with Gasteiger partial charge in [0.2, 0.25) is 17.6 Å². The maximum atomic E-state index is 13.4. The number of aromatic amines is 1. The van der Waals surface area contributed by atoms with Crippen LogP contribution in [-0.4, -0.2) is 102 Å². The minimum atomic E-state index is -3.86. The third kappa shape index (κ3) is 17.4. The number of hydrogen-bond donors (Lipinski definition) is 4. The van der Waals surface area contributed by atoms with Crippen molar-refractivity contribution in [2.45, 2.75) is 42.1 Å². The molecule has 0 radical (unpaired) electrons. The van der Waals surface area contributed by atoms with Gasteiger partial charge in [0.1, 0.15) is 21.1 Å². The Morgan fingerprint density at radius 3 is 1.33 bits per heavy atom. The molecule has 14 rings (SSSR count). The highest BCUT2D eigenvalue weighted by Crippen LogP contribution is 2.37. The Hall–Kier alpha value is -9.04. The Morgan fingerprint density at radius 1 is 0.500 bits per heavy atom. The number of nitrogen functional groups attached to an aromatic ring is 1. The maximum Gasteiger partial charge on any atom is 0.269 e. The monoisotopic (exact) mass is 1550 g/mol. The molecule has 14 aromatic rings. The van der Waals surface area contributed by atoms with E-state index < -0.39 is 20.0 Å². The Bertz CT molecular complexity index is 5420. The molecule has 512 valence electrons. The van der Waals surface area contributed by atoms with Crippen LogP contribution in [0.5, 0.6) is 17.6 Å². The van der Waals surface area contributed by atoms with E-state index in [0.717, 1.165) is 59.3 Å². The SMILES string of the molecule is COc1ccc(C=O)cn1.COc1ccc(CNc2nc(Cl)c(Cc3c[nH]c4ncc(Cl)cc34)s2)cn1.COc1ccc(CNc2nc(Cl)c(Cc3cn(S(=O)(=O)c4ccccc4)c4ncc(Cl)cc34)s2)cn1.Nc1nc(Cl)c(Cc2cn(S(=O)(=O)c3ccccc3)c3ncc(Cl)cc23)s1. The summed E-state index contributed by atoms with van der Waals surface area (Å²) in [6, 6.07) is 32.5. The largest absolute Gasteiger partial charge is 0.481 e. The van der Waals surface area contributed by atoms with Gasteiger partial charge in [-0.15, -0.1) is 34.0 Å². The van der Waals surface area contributed by atoms with Crippen LogP contribution in [0, 0.1) is 0 Å². The van der Waals surface area contributed by atoms with Crippen LogP contribution in [0.2, 0.25) is 30.5 Å². The van der Waals surface area contributed by atoms with Gasteiger partial charge in [0.05, 0.1) is 60.8 Å². The van der Waals surface area contributed by atoms with E-state index >= 15 is 0 Å². The molecule has 0 bridgehead atoms. The molecule has 12 aromatic heterocycles. The molecule has 0 amide bonds. The summed E-state index contributed by atoms with van der Waals surface area (Å²) in [5.74, 6) is 1.65. The third-order valence-corrected chi connectivity index (χ3v) is 22.7. The number of nitrogens with one attached hydrogen (secondary N) is 3. The maximum absolute atomic E-state index is 13.4. The van der Waals surface area contributed by atoms with E-state index in [1.54, 1.807) is 124 Å². The number of carbonyl (C=O) groups excluding carboxylic acids is 1. The molecule has 2 aromatic carbocycles. The lowest BCUT2D eigenvalue weighted by Gasteiger charge is -2.06. The van der Waals surface area contributed by atoms with E-state index in [9.17, 15) is 21.6 Å². The molecule has 0 atom stereocenters. The summed E-state index contributed by atoms with van der Waals surface area (Å²) < 4.78 is 70.2. The first-order valence-electron chi connectivity index (χ1n) is 29.4. The second kappa shape index (κ2) is 32.5. The first kappa shape index (κ1) is 72.2. The molecule has 23 nitrogen and oxygen atoms in total. The van der Waals surface area contributed by atoms with Crippen molar-refractivity contribution in [2.24, 2.45) is 0 Å². The molecule has 0 unspecified atom stereocenters. The number of aldehydes is 1. The standard InChI is InChI=1S/C24H19Cl2N5O3S2.C18H15Cl2N5OS.C17H12Cl2N4O2S2.C7H7NO2/c1-34-21-8-7-15(11-27-21)12-29-24-30-22(26)20(35-24)9-16-14-31(23-19(16)10-17(25)13-28-23)36(32,33)18-5-3-2-4-6-18;1-26-15-3-2-10(6-21-15)7-24-18-25-16(20)14(27-18)4-11-8-22-17-13(11)5-12(19)9-23-17;18-11-7-13-10(6-14-15(19)22-17(20)26-14)9-23(16(13)21-8-11)27(24,25)12-4-2-1-3-5-12;1-10-7-3-2-6(5-9)4-8-7/h2-8,10-11,13-14H,9,12H2,1H3,(H,29,30);2-3,5-6,8-9H,4,7H2,1H3,(H,22,23)(H,24,25);1-5,7-9H,6H2,(H2,20,22);2-5H,1H3. The fourth-order valence-corrected chi connectivity index (χ4v) is 16.4. The van der Waals surface area contributed by atoms with E-state index in [4.69, 9.17) is 89.5 Å². The van der Waals surface area contributed by atoms with Crippen LogP contribution in [0.3, 0.4) is 0 Å². The molecule has 0 saturated carbocycles. The number of nitrogens with zero attached hydrogens (tertiary/aromatic N) is 11. The van der Waals surface area contributed by atoms with Crippen LogP contribution in [0.4, 0.5) is 15.4 Å². The highest BCUT2D eigenvalue weighted by molar-refractivity contribution is 7.90. The number of methoxy groups -OCH3 is 3. The van der Waals surface area contributed by atoms with Gasteiger partial charge < -0.3 is 35.6 Å². The smallest absolute Gasteiger partial charge is 0.269 e. The van der Waals surface area contributed by atoms with Crippen molar-refractivity contribution < 1.29 is 35.8 Å². The van der Waals surface area contributed by atoms with Crippen LogP contribution in [0.15, 0.2) is 181 Å².